The number of hydrogen-bond donors (Lipinski definition) is 1. The third-order valence-electron chi connectivity index (χ3n) is 6.10. The quantitative estimate of drug-likeness (QED) is 0.433. The van der Waals surface area contributed by atoms with Crippen LogP contribution < -0.4 is 10.1 Å². The number of anilines is 1. The van der Waals surface area contributed by atoms with Gasteiger partial charge in [-0.2, -0.15) is 5.10 Å². The molecule has 180 valence electrons. The molecule has 5 rings (SSSR count). The number of pyridine rings is 1. The highest BCUT2D eigenvalue weighted by atomic mass is 19.1. The van der Waals surface area contributed by atoms with Gasteiger partial charge in [-0.25, -0.2) is 14.4 Å². The van der Waals surface area contributed by atoms with Crippen LogP contribution >= 0.6 is 0 Å². The molecular weight excluding hydrogens is 447 g/mol. The molecule has 4 heterocycles. The first kappa shape index (κ1) is 22.8. The number of imidazole rings is 1. The zero-order valence-electron chi connectivity index (χ0n) is 19.7. The second kappa shape index (κ2) is 9.69. The molecule has 1 aliphatic rings. The molecule has 1 N–H and O–H groups in total. The van der Waals surface area contributed by atoms with Gasteiger partial charge in [-0.1, -0.05) is 13.0 Å². The summed E-state index contributed by atoms with van der Waals surface area (Å²) < 4.78 is 24.9. The van der Waals surface area contributed by atoms with Gasteiger partial charge in [0.2, 0.25) is 0 Å². The SMILES string of the molecule is CCCn1cc(-c2cc3c(cc2F)OCCC[C@H](C)n2ccnc2-c2cccc(n2)NC3=O)cn1. The number of hydrogen-bond acceptors (Lipinski definition) is 5. The van der Waals surface area contributed by atoms with Gasteiger partial charge in [0.25, 0.3) is 5.91 Å². The first-order chi connectivity index (χ1) is 17.0. The monoisotopic (exact) mass is 474 g/mol. The Labute approximate surface area is 202 Å². The number of aryl methyl sites for hydroxylation is 1. The van der Waals surface area contributed by atoms with E-state index in [9.17, 15) is 4.79 Å². The molecule has 3 aromatic heterocycles. The summed E-state index contributed by atoms with van der Waals surface area (Å²) in [5.41, 5.74) is 1.80. The minimum Gasteiger partial charge on any atom is -0.493 e. The zero-order chi connectivity index (χ0) is 24.4. The summed E-state index contributed by atoms with van der Waals surface area (Å²) in [4.78, 5) is 22.4. The van der Waals surface area contributed by atoms with Crippen molar-refractivity contribution in [2.75, 3.05) is 11.9 Å². The standard InChI is InChI=1S/C26H27FN6O2/c1-3-10-32-16-18(15-29-32)19-13-20-23(14-21(19)27)35-12-5-6-17(2)33-11-9-28-25(33)22-7-4-8-24(30-22)31-26(20)34/h4,7-9,11,13-17H,3,5-6,10,12H2,1-2H3,(H,30,31,34)/t17-/m0/s1. The van der Waals surface area contributed by atoms with Crippen molar-refractivity contribution in [2.24, 2.45) is 0 Å². The average Bonchev–Trinajstić information content (AvgIpc) is 3.52. The van der Waals surface area contributed by atoms with Gasteiger partial charge in [0.05, 0.1) is 18.4 Å². The Balaban J connectivity index is 1.55. The molecule has 0 fully saturated rings. The van der Waals surface area contributed by atoms with Crippen molar-refractivity contribution < 1.29 is 13.9 Å². The van der Waals surface area contributed by atoms with E-state index in [2.05, 4.69) is 31.9 Å². The minimum atomic E-state index is -0.467. The van der Waals surface area contributed by atoms with E-state index in [1.54, 1.807) is 29.3 Å². The number of halogens is 1. The third-order valence-corrected chi connectivity index (χ3v) is 6.10. The number of rotatable bonds is 3. The van der Waals surface area contributed by atoms with E-state index in [1.807, 2.05) is 25.3 Å². The summed E-state index contributed by atoms with van der Waals surface area (Å²) in [7, 11) is 0. The number of aromatic nitrogens is 5. The molecular formula is C26H27FN6O2. The first-order valence-corrected chi connectivity index (χ1v) is 11.8. The number of carbonyl (C=O) groups excluding carboxylic acids is 1. The number of benzene rings is 1. The summed E-state index contributed by atoms with van der Waals surface area (Å²) in [6.07, 6.45) is 9.52. The lowest BCUT2D eigenvalue weighted by Gasteiger charge is -2.18. The molecule has 1 aliphatic heterocycles. The van der Waals surface area contributed by atoms with Crippen LogP contribution in [-0.2, 0) is 6.54 Å². The van der Waals surface area contributed by atoms with E-state index >= 15 is 4.39 Å². The van der Waals surface area contributed by atoms with Crippen LogP contribution in [0.15, 0.2) is 55.1 Å². The Hall–Kier alpha value is -4.01. The number of nitrogens with zero attached hydrogens (tertiary/aromatic N) is 5. The molecule has 1 amide bonds. The van der Waals surface area contributed by atoms with Crippen LogP contribution in [0, 0.1) is 5.82 Å². The van der Waals surface area contributed by atoms with Gasteiger partial charge in [0.1, 0.15) is 23.1 Å². The van der Waals surface area contributed by atoms with Gasteiger partial charge < -0.3 is 14.6 Å². The number of amides is 1. The summed E-state index contributed by atoms with van der Waals surface area (Å²) in [6.45, 7) is 5.24. The molecule has 1 aromatic carbocycles. The van der Waals surface area contributed by atoms with Crippen molar-refractivity contribution >= 4 is 11.7 Å². The number of nitrogens with one attached hydrogen (secondary N) is 1. The Bertz CT molecular complexity index is 1360. The fourth-order valence-corrected chi connectivity index (χ4v) is 4.31. The van der Waals surface area contributed by atoms with E-state index in [1.165, 1.54) is 12.1 Å². The molecule has 0 radical (unpaired) electrons. The molecule has 9 heteroatoms. The normalized spacial score (nSPS) is 16.0. The predicted molar refractivity (Wildman–Crippen MR) is 131 cm³/mol. The molecule has 0 spiro atoms. The Morgan fingerprint density at radius 1 is 1.26 bits per heavy atom. The summed E-state index contributed by atoms with van der Waals surface area (Å²) in [6, 6.07) is 8.38. The maximum Gasteiger partial charge on any atom is 0.260 e. The van der Waals surface area contributed by atoms with Gasteiger partial charge in [-0.15, -0.1) is 0 Å². The topological polar surface area (TPSA) is 86.9 Å². The molecule has 2 bridgehead atoms. The van der Waals surface area contributed by atoms with Crippen molar-refractivity contribution in [3.63, 3.8) is 0 Å². The molecule has 0 saturated carbocycles. The van der Waals surface area contributed by atoms with E-state index in [0.717, 1.165) is 31.6 Å². The molecule has 35 heavy (non-hydrogen) atoms. The summed E-state index contributed by atoms with van der Waals surface area (Å²) in [5.74, 6) is 0.416. The minimum absolute atomic E-state index is 0.164. The van der Waals surface area contributed by atoms with E-state index in [4.69, 9.17) is 4.74 Å². The number of fused-ring (bicyclic) bond motifs is 5. The lowest BCUT2D eigenvalue weighted by Crippen LogP contribution is -2.17. The smallest absolute Gasteiger partial charge is 0.260 e. The Kier molecular flexibility index (Phi) is 6.31. The van der Waals surface area contributed by atoms with Gasteiger partial charge in [-0.05, 0) is 44.4 Å². The number of carbonyl (C=O) groups is 1. The highest BCUT2D eigenvalue weighted by Crippen LogP contribution is 2.32. The summed E-state index contributed by atoms with van der Waals surface area (Å²) in [5, 5.41) is 7.14. The van der Waals surface area contributed by atoms with Gasteiger partial charge >= 0.3 is 0 Å². The van der Waals surface area contributed by atoms with Crippen molar-refractivity contribution in [3.05, 3.63) is 66.5 Å². The van der Waals surface area contributed by atoms with Crippen LogP contribution in [0.3, 0.4) is 0 Å². The Morgan fingerprint density at radius 2 is 2.14 bits per heavy atom. The molecule has 8 nitrogen and oxygen atoms in total. The highest BCUT2D eigenvalue weighted by Gasteiger charge is 2.21. The van der Waals surface area contributed by atoms with Crippen LogP contribution in [0.1, 0.15) is 49.5 Å². The lowest BCUT2D eigenvalue weighted by atomic mass is 10.0. The van der Waals surface area contributed by atoms with E-state index in [0.29, 0.717) is 29.2 Å². The highest BCUT2D eigenvalue weighted by molar-refractivity contribution is 6.06. The molecule has 0 unspecified atom stereocenters. The maximum atomic E-state index is 15.2. The van der Waals surface area contributed by atoms with Gasteiger partial charge in [0.15, 0.2) is 5.82 Å². The number of ether oxygens (including phenoxy) is 1. The van der Waals surface area contributed by atoms with Crippen LogP contribution in [0.25, 0.3) is 22.6 Å². The zero-order valence-corrected chi connectivity index (χ0v) is 19.7. The average molecular weight is 475 g/mol. The van der Waals surface area contributed by atoms with E-state index in [-0.39, 0.29) is 17.4 Å². The molecule has 0 saturated heterocycles. The molecule has 1 atom stereocenters. The van der Waals surface area contributed by atoms with Crippen LogP contribution in [0.4, 0.5) is 10.2 Å². The second-order valence-electron chi connectivity index (χ2n) is 8.68. The second-order valence-corrected chi connectivity index (χ2v) is 8.68. The maximum absolute atomic E-state index is 15.2. The van der Waals surface area contributed by atoms with Crippen molar-refractivity contribution in [2.45, 2.75) is 45.7 Å². The van der Waals surface area contributed by atoms with Crippen LogP contribution in [0.5, 0.6) is 5.75 Å². The van der Waals surface area contributed by atoms with Gasteiger partial charge in [0, 0.05) is 48.4 Å². The fraction of sp³-hybridized carbons (Fsp3) is 0.308. The molecule has 4 aromatic rings. The van der Waals surface area contributed by atoms with Crippen molar-refractivity contribution in [3.8, 4) is 28.4 Å². The van der Waals surface area contributed by atoms with Crippen LogP contribution in [-0.4, -0.2) is 36.8 Å². The van der Waals surface area contributed by atoms with Crippen LogP contribution in [0.2, 0.25) is 0 Å². The predicted octanol–water partition coefficient (Wildman–Crippen LogP) is 5.34. The molecule has 0 aliphatic carbocycles. The van der Waals surface area contributed by atoms with E-state index < -0.39 is 11.7 Å². The first-order valence-electron chi connectivity index (χ1n) is 11.8. The van der Waals surface area contributed by atoms with Crippen molar-refractivity contribution in [1.29, 1.82) is 0 Å². The van der Waals surface area contributed by atoms with Crippen molar-refractivity contribution in [1.82, 2.24) is 24.3 Å². The Morgan fingerprint density at radius 3 is 3.00 bits per heavy atom. The van der Waals surface area contributed by atoms with Gasteiger partial charge in [-0.3, -0.25) is 9.48 Å². The fourth-order valence-electron chi connectivity index (χ4n) is 4.31. The third kappa shape index (κ3) is 4.66. The summed E-state index contributed by atoms with van der Waals surface area (Å²) >= 11 is 0. The largest absolute Gasteiger partial charge is 0.493 e. The lowest BCUT2D eigenvalue weighted by molar-refractivity contribution is 0.102.